The molecule has 1 aromatic carbocycles. The maximum Gasteiger partial charge on any atom is 0.410 e. The van der Waals surface area contributed by atoms with Crippen molar-refractivity contribution in [1.29, 1.82) is 0 Å². The number of nitrogens with one attached hydrogen (secondary N) is 2. The fraction of sp³-hybridized carbons (Fsp3) is 0.550. The van der Waals surface area contributed by atoms with E-state index in [1.165, 1.54) is 0 Å². The van der Waals surface area contributed by atoms with Gasteiger partial charge in [-0.25, -0.2) is 9.59 Å². The second kappa shape index (κ2) is 8.95. The molecule has 1 aliphatic heterocycles. The maximum atomic E-state index is 12.9. The summed E-state index contributed by atoms with van der Waals surface area (Å²) in [4.78, 5) is 40.4. The highest BCUT2D eigenvalue weighted by atomic mass is 16.6. The van der Waals surface area contributed by atoms with Crippen LogP contribution in [0, 0.1) is 0 Å². The van der Waals surface area contributed by atoms with Crippen molar-refractivity contribution < 1.29 is 19.1 Å². The van der Waals surface area contributed by atoms with Crippen LogP contribution in [-0.4, -0.2) is 65.7 Å². The molecule has 1 heterocycles. The Morgan fingerprint density at radius 1 is 1.00 bits per heavy atom. The number of carbonyl (C=O) groups excluding carboxylic acids is 3. The molecule has 4 amide bonds. The summed E-state index contributed by atoms with van der Waals surface area (Å²) in [6.07, 6.45) is -0.368. The Bertz CT molecular complexity index is 719. The van der Waals surface area contributed by atoms with E-state index in [2.05, 4.69) is 10.6 Å². The first-order valence-corrected chi connectivity index (χ1v) is 9.50. The van der Waals surface area contributed by atoms with E-state index in [9.17, 15) is 14.4 Å². The van der Waals surface area contributed by atoms with Gasteiger partial charge in [0.05, 0.1) is 11.3 Å². The molecular formula is C20H30N4O4. The van der Waals surface area contributed by atoms with Crippen molar-refractivity contribution in [2.24, 2.45) is 0 Å². The Labute approximate surface area is 166 Å². The molecule has 0 saturated carbocycles. The van der Waals surface area contributed by atoms with Gasteiger partial charge in [0, 0.05) is 32.2 Å². The smallest absolute Gasteiger partial charge is 0.410 e. The van der Waals surface area contributed by atoms with Gasteiger partial charge in [-0.05, 0) is 46.8 Å². The molecule has 0 spiro atoms. The Hall–Kier alpha value is -2.77. The summed E-state index contributed by atoms with van der Waals surface area (Å²) in [6, 6.07) is 6.55. The predicted octanol–water partition coefficient (Wildman–Crippen LogP) is 2.91. The fourth-order valence-corrected chi connectivity index (χ4v) is 2.79. The van der Waals surface area contributed by atoms with Crippen LogP contribution in [0.2, 0.25) is 0 Å². The Morgan fingerprint density at radius 3 is 2.14 bits per heavy atom. The number of amides is 4. The normalized spacial score (nSPS) is 14.6. The van der Waals surface area contributed by atoms with Gasteiger partial charge in [-0.1, -0.05) is 12.1 Å². The lowest BCUT2D eigenvalue weighted by molar-refractivity contribution is 0.0141. The van der Waals surface area contributed by atoms with Crippen molar-refractivity contribution in [1.82, 2.24) is 15.1 Å². The van der Waals surface area contributed by atoms with Crippen LogP contribution in [0.5, 0.6) is 0 Å². The zero-order chi connectivity index (χ0) is 20.9. The Morgan fingerprint density at radius 2 is 1.57 bits per heavy atom. The number of piperazine rings is 1. The lowest BCUT2D eigenvalue weighted by Gasteiger charge is -2.35. The molecule has 2 rings (SSSR count). The van der Waals surface area contributed by atoms with E-state index < -0.39 is 5.60 Å². The zero-order valence-corrected chi connectivity index (χ0v) is 17.2. The third-order valence-corrected chi connectivity index (χ3v) is 4.04. The van der Waals surface area contributed by atoms with Gasteiger partial charge in [-0.3, -0.25) is 4.79 Å². The van der Waals surface area contributed by atoms with Crippen LogP contribution >= 0.6 is 0 Å². The summed E-state index contributed by atoms with van der Waals surface area (Å²) in [5.74, 6) is -0.177. The van der Waals surface area contributed by atoms with Gasteiger partial charge in [0.2, 0.25) is 0 Å². The summed E-state index contributed by atoms with van der Waals surface area (Å²) in [7, 11) is 0. The number of carbonyl (C=O) groups is 3. The second-order valence-electron chi connectivity index (χ2n) is 8.06. The van der Waals surface area contributed by atoms with Gasteiger partial charge in [0.1, 0.15) is 5.60 Å². The molecule has 2 N–H and O–H groups in total. The van der Waals surface area contributed by atoms with Crippen LogP contribution in [0.4, 0.5) is 15.3 Å². The van der Waals surface area contributed by atoms with Crippen LogP contribution < -0.4 is 10.6 Å². The summed E-state index contributed by atoms with van der Waals surface area (Å²) in [5, 5.41) is 5.47. The van der Waals surface area contributed by atoms with E-state index in [4.69, 9.17) is 4.74 Å². The molecule has 28 heavy (non-hydrogen) atoms. The van der Waals surface area contributed by atoms with E-state index in [0.717, 1.165) is 0 Å². The van der Waals surface area contributed by atoms with Crippen LogP contribution in [0.25, 0.3) is 0 Å². The van der Waals surface area contributed by atoms with E-state index in [0.29, 0.717) is 37.4 Å². The minimum atomic E-state index is -0.550. The molecule has 8 nitrogen and oxygen atoms in total. The number of urea groups is 1. The fourth-order valence-electron chi connectivity index (χ4n) is 2.79. The van der Waals surface area contributed by atoms with Gasteiger partial charge < -0.3 is 25.2 Å². The molecular weight excluding hydrogens is 360 g/mol. The lowest BCUT2D eigenvalue weighted by Crippen LogP contribution is -2.51. The number of nitrogens with zero attached hydrogens (tertiary/aromatic N) is 2. The molecule has 0 atom stereocenters. The van der Waals surface area contributed by atoms with Crippen molar-refractivity contribution in [3.8, 4) is 0 Å². The van der Waals surface area contributed by atoms with Crippen molar-refractivity contribution in [3.05, 3.63) is 29.8 Å². The van der Waals surface area contributed by atoms with Crippen molar-refractivity contribution in [3.63, 3.8) is 0 Å². The third-order valence-electron chi connectivity index (χ3n) is 4.04. The van der Waals surface area contributed by atoms with Gasteiger partial charge >= 0.3 is 12.1 Å². The minimum absolute atomic E-state index is 0.0104. The van der Waals surface area contributed by atoms with Crippen LogP contribution in [-0.2, 0) is 4.74 Å². The lowest BCUT2D eigenvalue weighted by atomic mass is 10.1. The molecule has 8 heteroatoms. The van der Waals surface area contributed by atoms with Crippen molar-refractivity contribution >= 4 is 23.7 Å². The molecule has 0 radical (unpaired) electrons. The van der Waals surface area contributed by atoms with E-state index in [-0.39, 0.29) is 24.1 Å². The van der Waals surface area contributed by atoms with Gasteiger partial charge in [0.15, 0.2) is 0 Å². The number of hydrogen-bond donors (Lipinski definition) is 2. The molecule has 154 valence electrons. The number of benzene rings is 1. The molecule has 0 aromatic heterocycles. The molecule has 0 bridgehead atoms. The molecule has 1 fully saturated rings. The highest BCUT2D eigenvalue weighted by molar-refractivity contribution is 6.03. The highest BCUT2D eigenvalue weighted by Crippen LogP contribution is 2.19. The van der Waals surface area contributed by atoms with Crippen molar-refractivity contribution in [2.75, 3.05) is 31.5 Å². The monoisotopic (exact) mass is 390 g/mol. The van der Waals surface area contributed by atoms with E-state index in [1.807, 2.05) is 34.6 Å². The SMILES string of the molecule is CC(C)NC(=O)Nc1ccccc1C(=O)N1CCN(C(=O)OC(C)(C)C)CC1. The van der Waals surface area contributed by atoms with E-state index >= 15 is 0 Å². The van der Waals surface area contributed by atoms with Gasteiger partial charge in [-0.2, -0.15) is 0 Å². The first-order chi connectivity index (χ1) is 13.1. The van der Waals surface area contributed by atoms with Crippen LogP contribution in [0.3, 0.4) is 0 Å². The third kappa shape index (κ3) is 6.14. The van der Waals surface area contributed by atoms with Gasteiger partial charge in [-0.15, -0.1) is 0 Å². The van der Waals surface area contributed by atoms with E-state index in [1.54, 1.807) is 34.1 Å². The predicted molar refractivity (Wildman–Crippen MR) is 107 cm³/mol. The first-order valence-electron chi connectivity index (χ1n) is 9.50. The Balaban J connectivity index is 2.00. The molecule has 1 aliphatic rings. The van der Waals surface area contributed by atoms with Crippen LogP contribution in [0.15, 0.2) is 24.3 Å². The van der Waals surface area contributed by atoms with Crippen LogP contribution in [0.1, 0.15) is 45.0 Å². The number of anilines is 1. The summed E-state index contributed by atoms with van der Waals surface area (Å²) in [6.45, 7) is 10.8. The number of para-hydroxylation sites is 1. The topological polar surface area (TPSA) is 91.0 Å². The number of hydrogen-bond acceptors (Lipinski definition) is 4. The van der Waals surface area contributed by atoms with Crippen molar-refractivity contribution in [2.45, 2.75) is 46.3 Å². The summed E-state index contributed by atoms with van der Waals surface area (Å²) < 4.78 is 5.38. The quantitative estimate of drug-likeness (QED) is 0.830. The first kappa shape index (κ1) is 21.5. The average molecular weight is 390 g/mol. The number of ether oxygens (including phenoxy) is 1. The zero-order valence-electron chi connectivity index (χ0n) is 17.2. The Kier molecular flexibility index (Phi) is 6.88. The largest absolute Gasteiger partial charge is 0.444 e. The summed E-state index contributed by atoms with van der Waals surface area (Å²) in [5.41, 5.74) is 0.331. The summed E-state index contributed by atoms with van der Waals surface area (Å²) >= 11 is 0. The molecule has 1 saturated heterocycles. The number of rotatable bonds is 3. The minimum Gasteiger partial charge on any atom is -0.444 e. The standard InChI is InChI=1S/C20H30N4O4/c1-14(2)21-18(26)22-16-9-7-6-8-15(16)17(25)23-10-12-24(13-11-23)19(27)28-20(3,4)5/h6-9,14H,10-13H2,1-5H3,(H2,21,22,26). The van der Waals surface area contributed by atoms with Gasteiger partial charge in [0.25, 0.3) is 5.91 Å². The molecule has 0 unspecified atom stereocenters. The maximum absolute atomic E-state index is 12.9. The molecule has 0 aliphatic carbocycles. The molecule has 1 aromatic rings. The average Bonchev–Trinajstić information content (AvgIpc) is 2.59. The highest BCUT2D eigenvalue weighted by Gasteiger charge is 2.29. The second-order valence-corrected chi connectivity index (χ2v) is 8.06.